The zero-order chi connectivity index (χ0) is 22.4. The second-order valence-electron chi connectivity index (χ2n) is 6.47. The molecule has 3 N–H and O–H groups in total. The van der Waals surface area contributed by atoms with Crippen LogP contribution in [-0.4, -0.2) is 59.0 Å². The Morgan fingerprint density at radius 2 is 2.19 bits per heavy atom. The van der Waals surface area contributed by atoms with Gasteiger partial charge in [0, 0.05) is 18.3 Å². The van der Waals surface area contributed by atoms with Crippen LogP contribution in [0, 0.1) is 11.8 Å². The van der Waals surface area contributed by atoms with Gasteiger partial charge >= 0.3 is 12.0 Å². The number of methoxy groups -OCH3 is 1. The lowest BCUT2D eigenvalue weighted by atomic mass is 10.1. The van der Waals surface area contributed by atoms with Crippen molar-refractivity contribution in [1.29, 1.82) is 0 Å². The van der Waals surface area contributed by atoms with Crippen molar-refractivity contribution in [2.75, 3.05) is 13.7 Å². The van der Waals surface area contributed by atoms with Gasteiger partial charge in [-0.2, -0.15) is 0 Å². The highest BCUT2D eigenvalue weighted by atomic mass is 16.5. The largest absolute Gasteiger partial charge is 0.497 e. The van der Waals surface area contributed by atoms with Crippen molar-refractivity contribution in [2.24, 2.45) is 0 Å². The fourth-order valence-electron chi connectivity index (χ4n) is 3.06. The van der Waals surface area contributed by atoms with E-state index in [2.05, 4.69) is 22.1 Å². The molecule has 0 saturated heterocycles. The van der Waals surface area contributed by atoms with Crippen molar-refractivity contribution in [3.63, 3.8) is 0 Å². The molecule has 1 atom stereocenters. The van der Waals surface area contributed by atoms with E-state index in [4.69, 9.17) is 4.74 Å². The lowest BCUT2D eigenvalue weighted by molar-refractivity contribution is -0.108. The maximum atomic E-state index is 12.8. The van der Waals surface area contributed by atoms with Gasteiger partial charge in [-0.3, -0.25) is 14.9 Å². The molecule has 0 radical (unpaired) electrons. The van der Waals surface area contributed by atoms with Crippen LogP contribution in [0.3, 0.4) is 0 Å². The highest BCUT2D eigenvalue weighted by Crippen LogP contribution is 2.26. The minimum Gasteiger partial charge on any atom is -0.497 e. The number of benzene rings is 1. The lowest BCUT2D eigenvalue weighted by Crippen LogP contribution is -2.46. The minimum absolute atomic E-state index is 0.0117. The maximum Gasteiger partial charge on any atom is 0.355 e. The number of fused-ring (bicyclic) bond motifs is 1. The first-order valence-electron chi connectivity index (χ1n) is 9.09. The molecule has 0 unspecified atom stereocenters. The van der Waals surface area contributed by atoms with E-state index in [0.717, 1.165) is 5.56 Å². The van der Waals surface area contributed by atoms with Crippen LogP contribution in [0.4, 0.5) is 4.79 Å². The molecule has 10 heteroatoms. The summed E-state index contributed by atoms with van der Waals surface area (Å²) in [5, 5.41) is 13.7. The molecule has 3 rings (SSSR count). The number of amides is 4. The van der Waals surface area contributed by atoms with Crippen LogP contribution in [0.15, 0.2) is 36.5 Å². The van der Waals surface area contributed by atoms with Crippen molar-refractivity contribution in [1.82, 2.24) is 20.5 Å². The van der Waals surface area contributed by atoms with Gasteiger partial charge in [-0.05, 0) is 29.8 Å². The number of carbonyl (C=O) groups is 4. The van der Waals surface area contributed by atoms with Crippen molar-refractivity contribution in [3.8, 4) is 17.6 Å². The van der Waals surface area contributed by atoms with Crippen LogP contribution in [0.1, 0.15) is 32.0 Å². The van der Waals surface area contributed by atoms with E-state index in [1.54, 1.807) is 18.2 Å². The number of hydrogen-bond acceptors (Lipinski definition) is 6. The molecule has 2 heterocycles. The van der Waals surface area contributed by atoms with Gasteiger partial charge in [-0.25, -0.2) is 14.6 Å². The van der Waals surface area contributed by atoms with E-state index in [1.807, 2.05) is 5.32 Å². The molecule has 0 fully saturated rings. The number of nitrogens with one attached hydrogen (secondary N) is 2. The van der Waals surface area contributed by atoms with Crippen LogP contribution in [0.2, 0.25) is 0 Å². The summed E-state index contributed by atoms with van der Waals surface area (Å²) in [4.78, 5) is 51.8. The molecular formula is C21H18N4O6. The number of carbonyl (C=O) groups excluding carboxylic acids is 3. The van der Waals surface area contributed by atoms with E-state index < -0.39 is 18.0 Å². The summed E-state index contributed by atoms with van der Waals surface area (Å²) in [6, 6.07) is 6.50. The Bertz CT molecular complexity index is 1100. The summed E-state index contributed by atoms with van der Waals surface area (Å²) < 4.78 is 5.16. The summed E-state index contributed by atoms with van der Waals surface area (Å²) in [6.07, 6.45) is 1.54. The normalized spacial score (nSPS) is 12.8. The van der Waals surface area contributed by atoms with E-state index in [-0.39, 0.29) is 30.1 Å². The first-order chi connectivity index (χ1) is 14.9. The molecular weight excluding hydrogens is 404 g/mol. The number of carboxylic acid groups (broad SMARTS) is 1. The average molecular weight is 422 g/mol. The zero-order valence-electron chi connectivity index (χ0n) is 16.4. The Morgan fingerprint density at radius 3 is 2.90 bits per heavy atom. The molecule has 0 saturated carbocycles. The molecule has 1 aromatic carbocycles. The molecule has 158 valence electrons. The molecule has 0 bridgehead atoms. The fourth-order valence-corrected chi connectivity index (χ4v) is 3.06. The number of carboxylic acids is 1. The first-order valence-corrected chi connectivity index (χ1v) is 9.09. The third-order valence-electron chi connectivity index (χ3n) is 4.49. The second kappa shape index (κ2) is 9.41. The number of ether oxygens (including phenoxy) is 1. The zero-order valence-corrected chi connectivity index (χ0v) is 16.4. The molecule has 1 aliphatic rings. The van der Waals surface area contributed by atoms with Crippen molar-refractivity contribution >= 4 is 24.3 Å². The molecule has 0 spiro atoms. The number of aromatic nitrogens is 1. The summed E-state index contributed by atoms with van der Waals surface area (Å²) in [5.41, 5.74) is 1.21. The van der Waals surface area contributed by atoms with Gasteiger partial charge in [0.15, 0.2) is 5.69 Å². The average Bonchev–Trinajstić information content (AvgIpc) is 3.07. The topological polar surface area (TPSA) is 138 Å². The van der Waals surface area contributed by atoms with Gasteiger partial charge in [0.1, 0.15) is 11.8 Å². The predicted octanol–water partition coefficient (Wildman–Crippen LogP) is 0.620. The smallest absolute Gasteiger partial charge is 0.355 e. The van der Waals surface area contributed by atoms with Crippen LogP contribution < -0.4 is 15.4 Å². The van der Waals surface area contributed by atoms with Gasteiger partial charge in [0.25, 0.3) is 5.91 Å². The first kappa shape index (κ1) is 21.3. The van der Waals surface area contributed by atoms with Crippen molar-refractivity contribution in [2.45, 2.75) is 12.6 Å². The number of urea groups is 1. The van der Waals surface area contributed by atoms with Crippen molar-refractivity contribution in [3.05, 3.63) is 58.9 Å². The Morgan fingerprint density at radius 1 is 1.39 bits per heavy atom. The van der Waals surface area contributed by atoms with Crippen LogP contribution >= 0.6 is 0 Å². The fraction of sp³-hybridized carbons (Fsp3) is 0.190. The van der Waals surface area contributed by atoms with Crippen LogP contribution in [0.25, 0.3) is 0 Å². The van der Waals surface area contributed by atoms with Crippen LogP contribution in [0.5, 0.6) is 5.75 Å². The second-order valence-corrected chi connectivity index (χ2v) is 6.47. The third kappa shape index (κ3) is 4.97. The molecule has 0 aliphatic carbocycles. The number of hydrogen-bond donors (Lipinski definition) is 3. The number of imide groups is 1. The molecule has 4 amide bonds. The van der Waals surface area contributed by atoms with Gasteiger partial charge in [0.2, 0.25) is 6.41 Å². The Labute approximate surface area is 177 Å². The van der Waals surface area contributed by atoms with Crippen LogP contribution in [-0.2, 0) is 11.3 Å². The van der Waals surface area contributed by atoms with Gasteiger partial charge in [-0.15, -0.1) is 0 Å². The number of aromatic carboxylic acids is 1. The van der Waals surface area contributed by atoms with E-state index in [1.165, 1.54) is 30.3 Å². The van der Waals surface area contributed by atoms with E-state index >= 15 is 0 Å². The number of pyridine rings is 1. The van der Waals surface area contributed by atoms with Crippen molar-refractivity contribution < 1.29 is 29.0 Å². The molecule has 1 aromatic heterocycles. The maximum absolute atomic E-state index is 12.8. The quantitative estimate of drug-likeness (QED) is 0.458. The SMILES string of the molecule is COc1ccc2c(c1)C(=O)N(C[C@@H](C#Cc1cccnc1C(=O)O)NC(=O)NC=O)C2. The predicted molar refractivity (Wildman–Crippen MR) is 107 cm³/mol. The third-order valence-corrected chi connectivity index (χ3v) is 4.49. The Kier molecular flexibility index (Phi) is 6.47. The van der Waals surface area contributed by atoms with Gasteiger partial charge in [-0.1, -0.05) is 17.9 Å². The molecule has 2 aromatic rings. The Balaban J connectivity index is 1.84. The van der Waals surface area contributed by atoms with Gasteiger partial charge < -0.3 is 20.1 Å². The highest BCUT2D eigenvalue weighted by molar-refractivity contribution is 5.98. The molecule has 1 aliphatic heterocycles. The monoisotopic (exact) mass is 422 g/mol. The molecule has 10 nitrogen and oxygen atoms in total. The number of nitrogens with zero attached hydrogens (tertiary/aromatic N) is 2. The standard InChI is InChI=1S/C21H18N4O6/c1-31-16-7-5-14-10-25(19(27)17(14)9-16)11-15(24-21(30)23-12-26)6-4-13-3-2-8-22-18(13)20(28)29/h2-3,5,7-9,12,15H,10-11H2,1H3,(H,28,29)(H2,23,24,26,30)/t15-/m1/s1. The van der Waals surface area contributed by atoms with E-state index in [0.29, 0.717) is 17.9 Å². The summed E-state index contributed by atoms with van der Waals surface area (Å²) >= 11 is 0. The summed E-state index contributed by atoms with van der Waals surface area (Å²) in [5.74, 6) is 4.49. The minimum atomic E-state index is -1.24. The highest BCUT2D eigenvalue weighted by Gasteiger charge is 2.29. The Hall–Kier alpha value is -4.39. The number of rotatable bonds is 6. The molecule has 31 heavy (non-hydrogen) atoms. The van der Waals surface area contributed by atoms with Gasteiger partial charge in [0.05, 0.1) is 19.2 Å². The summed E-state index contributed by atoms with van der Waals surface area (Å²) in [6.45, 7) is 0.318. The summed E-state index contributed by atoms with van der Waals surface area (Å²) in [7, 11) is 1.50. The van der Waals surface area contributed by atoms with E-state index in [9.17, 15) is 24.3 Å². The lowest BCUT2D eigenvalue weighted by Gasteiger charge is -2.21.